The maximum atomic E-state index is 13.3. The van der Waals surface area contributed by atoms with Crippen LogP contribution in [-0.2, 0) is 4.79 Å². The molecule has 0 spiro atoms. The fourth-order valence-electron chi connectivity index (χ4n) is 3.43. The van der Waals surface area contributed by atoms with Crippen molar-refractivity contribution in [3.05, 3.63) is 83.3 Å². The van der Waals surface area contributed by atoms with E-state index >= 15 is 0 Å². The van der Waals surface area contributed by atoms with Crippen LogP contribution in [0.25, 0.3) is 0 Å². The Morgan fingerprint density at radius 3 is 2.45 bits per heavy atom. The Morgan fingerprint density at radius 1 is 1.03 bits per heavy atom. The zero-order valence-corrected chi connectivity index (χ0v) is 18.5. The number of nitrogens with one attached hydrogen (secondary N) is 1. The lowest BCUT2D eigenvalue weighted by Crippen LogP contribution is -2.50. The number of piperazine rings is 1. The van der Waals surface area contributed by atoms with Crippen LogP contribution in [0, 0.1) is 5.82 Å². The second-order valence-corrected chi connectivity index (χ2v) is 7.92. The van der Waals surface area contributed by atoms with Crippen molar-refractivity contribution in [1.29, 1.82) is 0 Å². The number of amides is 2. The number of ether oxygens (including phenoxy) is 1. The highest BCUT2D eigenvalue weighted by Gasteiger charge is 2.22. The van der Waals surface area contributed by atoms with Crippen molar-refractivity contribution in [3.63, 3.8) is 0 Å². The van der Waals surface area contributed by atoms with Crippen molar-refractivity contribution in [2.24, 2.45) is 0 Å². The van der Waals surface area contributed by atoms with Crippen LogP contribution in [-0.4, -0.2) is 54.5 Å². The maximum Gasteiger partial charge on any atom is 0.260 e. The van der Waals surface area contributed by atoms with Crippen molar-refractivity contribution in [3.8, 4) is 5.75 Å². The van der Waals surface area contributed by atoms with Crippen LogP contribution < -0.4 is 15.0 Å². The normalized spacial score (nSPS) is 13.5. The van der Waals surface area contributed by atoms with E-state index in [9.17, 15) is 14.0 Å². The Kier molecular flexibility index (Phi) is 7.04. The van der Waals surface area contributed by atoms with Gasteiger partial charge in [-0.1, -0.05) is 17.7 Å². The van der Waals surface area contributed by atoms with Crippen LogP contribution in [0.4, 0.5) is 15.9 Å². The fraction of sp³-hybridized carbons (Fsp3) is 0.208. The fourth-order valence-corrected chi connectivity index (χ4v) is 3.56. The lowest BCUT2D eigenvalue weighted by molar-refractivity contribution is -0.133. The number of rotatable bonds is 6. The first-order valence-electron chi connectivity index (χ1n) is 10.4. The maximum absolute atomic E-state index is 13.3. The highest BCUT2D eigenvalue weighted by atomic mass is 35.5. The third-order valence-electron chi connectivity index (χ3n) is 5.22. The summed E-state index contributed by atoms with van der Waals surface area (Å²) in [5.41, 5.74) is 0.751. The van der Waals surface area contributed by atoms with E-state index in [1.807, 2.05) is 6.07 Å². The van der Waals surface area contributed by atoms with Gasteiger partial charge in [0.1, 0.15) is 17.4 Å². The summed E-state index contributed by atoms with van der Waals surface area (Å²) in [4.78, 5) is 32.9. The third-order valence-corrected chi connectivity index (χ3v) is 5.48. The molecule has 0 aliphatic carbocycles. The number of nitrogens with zero attached hydrogens (tertiary/aromatic N) is 3. The summed E-state index contributed by atoms with van der Waals surface area (Å²) < 4.78 is 18.8. The van der Waals surface area contributed by atoms with Gasteiger partial charge in [-0.25, -0.2) is 9.37 Å². The molecule has 1 aliphatic heterocycles. The van der Waals surface area contributed by atoms with Crippen LogP contribution in [0.1, 0.15) is 10.4 Å². The van der Waals surface area contributed by atoms with Crippen LogP contribution in [0.3, 0.4) is 0 Å². The van der Waals surface area contributed by atoms with Crippen molar-refractivity contribution in [2.45, 2.75) is 0 Å². The second-order valence-electron chi connectivity index (χ2n) is 7.48. The summed E-state index contributed by atoms with van der Waals surface area (Å²) >= 11 is 5.85. The van der Waals surface area contributed by atoms with Gasteiger partial charge in [0, 0.05) is 36.8 Å². The molecule has 1 N–H and O–H groups in total. The van der Waals surface area contributed by atoms with Gasteiger partial charge in [0.05, 0.1) is 11.9 Å². The van der Waals surface area contributed by atoms with Crippen molar-refractivity contribution in [1.82, 2.24) is 9.88 Å². The van der Waals surface area contributed by atoms with Crippen molar-refractivity contribution >= 4 is 34.9 Å². The van der Waals surface area contributed by atoms with Gasteiger partial charge in [-0.3, -0.25) is 9.59 Å². The lowest BCUT2D eigenvalue weighted by Gasteiger charge is -2.35. The smallest absolute Gasteiger partial charge is 0.260 e. The Morgan fingerprint density at radius 2 is 1.79 bits per heavy atom. The molecule has 1 aliphatic rings. The van der Waals surface area contributed by atoms with E-state index in [2.05, 4.69) is 15.2 Å². The van der Waals surface area contributed by atoms with Gasteiger partial charge in [-0.2, -0.15) is 0 Å². The lowest BCUT2D eigenvalue weighted by atomic mass is 10.2. The van der Waals surface area contributed by atoms with E-state index in [0.29, 0.717) is 42.6 Å². The number of aromatic nitrogens is 1. The number of halogens is 2. The summed E-state index contributed by atoms with van der Waals surface area (Å²) in [5.74, 6) is 0.402. The largest absolute Gasteiger partial charge is 0.484 e. The SMILES string of the molecule is O=C(Nc1ccc(N2CCN(C(=O)COc3ccc(Cl)cc3)CC2)nc1)c1cccc(F)c1. The molecule has 0 unspecified atom stereocenters. The number of hydrogen-bond donors (Lipinski definition) is 1. The van der Waals surface area contributed by atoms with Gasteiger partial charge < -0.3 is 19.9 Å². The molecule has 0 atom stereocenters. The molecule has 33 heavy (non-hydrogen) atoms. The molecule has 1 aromatic heterocycles. The van der Waals surface area contributed by atoms with Crippen molar-refractivity contribution < 1.29 is 18.7 Å². The monoisotopic (exact) mass is 468 g/mol. The molecule has 9 heteroatoms. The van der Waals surface area contributed by atoms with Crippen LogP contribution >= 0.6 is 11.6 Å². The zero-order valence-electron chi connectivity index (χ0n) is 17.7. The molecular formula is C24H22ClFN4O3. The average Bonchev–Trinajstić information content (AvgIpc) is 2.84. The highest BCUT2D eigenvalue weighted by molar-refractivity contribution is 6.30. The van der Waals surface area contributed by atoms with E-state index in [4.69, 9.17) is 16.3 Å². The molecule has 170 valence electrons. The zero-order chi connectivity index (χ0) is 23.2. The second kappa shape index (κ2) is 10.3. The summed E-state index contributed by atoms with van der Waals surface area (Å²) in [6, 6.07) is 15.9. The van der Waals surface area contributed by atoms with Gasteiger partial charge in [-0.15, -0.1) is 0 Å². The standard InChI is InChI=1S/C24H22ClFN4O3/c25-18-4-7-21(8-5-18)33-16-23(31)30-12-10-29(11-13-30)22-9-6-20(15-27-22)28-24(32)17-2-1-3-19(26)14-17/h1-9,14-15H,10-13,16H2,(H,28,32). The van der Waals surface area contributed by atoms with Gasteiger partial charge in [0.15, 0.2) is 6.61 Å². The Labute approximate surface area is 195 Å². The molecule has 4 rings (SSSR count). The number of pyridine rings is 1. The average molecular weight is 469 g/mol. The Balaban J connectivity index is 1.25. The number of carbonyl (C=O) groups is 2. The Bertz CT molecular complexity index is 1120. The molecule has 0 radical (unpaired) electrons. The highest BCUT2D eigenvalue weighted by Crippen LogP contribution is 2.18. The van der Waals surface area contributed by atoms with E-state index in [0.717, 1.165) is 5.82 Å². The topological polar surface area (TPSA) is 74.8 Å². The Hall–Kier alpha value is -3.65. The van der Waals surface area contributed by atoms with Gasteiger partial charge >= 0.3 is 0 Å². The van der Waals surface area contributed by atoms with E-state index in [-0.39, 0.29) is 18.1 Å². The molecule has 1 fully saturated rings. The molecule has 7 nitrogen and oxygen atoms in total. The first kappa shape index (κ1) is 22.5. The first-order chi connectivity index (χ1) is 16.0. The van der Waals surface area contributed by atoms with Crippen molar-refractivity contribution in [2.75, 3.05) is 43.0 Å². The predicted molar refractivity (Wildman–Crippen MR) is 124 cm³/mol. The number of hydrogen-bond acceptors (Lipinski definition) is 5. The van der Waals surface area contributed by atoms with Crippen LogP contribution in [0.15, 0.2) is 66.9 Å². The first-order valence-corrected chi connectivity index (χ1v) is 10.8. The molecular weight excluding hydrogens is 447 g/mol. The molecule has 3 aromatic rings. The molecule has 2 heterocycles. The van der Waals surface area contributed by atoms with E-state index < -0.39 is 11.7 Å². The van der Waals surface area contributed by atoms with E-state index in [1.54, 1.807) is 47.5 Å². The van der Waals surface area contributed by atoms with Gasteiger partial charge in [0.2, 0.25) is 0 Å². The summed E-state index contributed by atoms with van der Waals surface area (Å²) in [6.07, 6.45) is 1.56. The number of anilines is 2. The van der Waals surface area contributed by atoms with Gasteiger partial charge in [-0.05, 0) is 54.6 Å². The molecule has 2 amide bonds. The van der Waals surface area contributed by atoms with Crippen LogP contribution in [0.5, 0.6) is 5.75 Å². The minimum atomic E-state index is -0.467. The summed E-state index contributed by atoms with van der Waals surface area (Å²) in [6.45, 7) is 2.36. The summed E-state index contributed by atoms with van der Waals surface area (Å²) in [5, 5.41) is 3.32. The van der Waals surface area contributed by atoms with Gasteiger partial charge in [0.25, 0.3) is 11.8 Å². The number of benzene rings is 2. The minimum absolute atomic E-state index is 0.0282. The van der Waals surface area contributed by atoms with E-state index in [1.165, 1.54) is 18.2 Å². The summed E-state index contributed by atoms with van der Waals surface area (Å²) in [7, 11) is 0. The molecule has 0 bridgehead atoms. The molecule has 1 saturated heterocycles. The van der Waals surface area contributed by atoms with Crippen LogP contribution in [0.2, 0.25) is 5.02 Å². The minimum Gasteiger partial charge on any atom is -0.484 e. The molecule has 0 saturated carbocycles. The predicted octanol–water partition coefficient (Wildman–Crippen LogP) is 3.85. The quantitative estimate of drug-likeness (QED) is 0.594. The molecule has 2 aromatic carbocycles. The third kappa shape index (κ3) is 5.98. The number of carbonyl (C=O) groups excluding carboxylic acids is 2.